The number of rotatable bonds is 9. The van der Waals surface area contributed by atoms with Crippen LogP contribution in [0.2, 0.25) is 0 Å². The standard InChI is InChI=1S/C16H22O4.2Li/c1-2-3-4-5-9-12-16(14(17)18,15(19)20)13-10-7-6-8-11-13;;/h6-8,10-11H,2-5,9,12H2,1H3,(H,17,18)(H,19,20);;/q;2*+1/p-2. The van der Waals surface area contributed by atoms with E-state index < -0.39 is 17.4 Å². The summed E-state index contributed by atoms with van der Waals surface area (Å²) >= 11 is 0. The molecule has 0 aliphatic heterocycles. The predicted octanol–water partition coefficient (Wildman–Crippen LogP) is -5.21. The number of aliphatic carboxylic acids is 2. The molecule has 4 nitrogen and oxygen atoms in total. The van der Waals surface area contributed by atoms with E-state index in [9.17, 15) is 19.8 Å². The summed E-state index contributed by atoms with van der Waals surface area (Å²) in [5.74, 6) is -3.20. The maximum atomic E-state index is 11.5. The van der Waals surface area contributed by atoms with Gasteiger partial charge in [-0.3, -0.25) is 0 Å². The van der Waals surface area contributed by atoms with Gasteiger partial charge in [0.2, 0.25) is 0 Å². The van der Waals surface area contributed by atoms with E-state index in [0.717, 1.165) is 25.7 Å². The SMILES string of the molecule is CCCCCCCC(C(=O)[O-])(C(=O)[O-])c1ccccc1.[Li+].[Li+]. The Kier molecular flexibility index (Phi) is 12.7. The third kappa shape index (κ3) is 5.86. The number of unbranched alkanes of at least 4 members (excludes halogenated alkanes) is 4. The van der Waals surface area contributed by atoms with Crippen LogP contribution in [-0.4, -0.2) is 11.9 Å². The number of hydrogen-bond acceptors (Lipinski definition) is 4. The molecule has 0 amide bonds. The molecule has 0 unspecified atom stereocenters. The third-order valence-corrected chi connectivity index (χ3v) is 3.62. The van der Waals surface area contributed by atoms with Crippen LogP contribution in [0.4, 0.5) is 0 Å². The topological polar surface area (TPSA) is 80.3 Å². The average Bonchev–Trinajstić information content (AvgIpc) is 2.43. The molecule has 0 saturated carbocycles. The van der Waals surface area contributed by atoms with Gasteiger partial charge in [0.15, 0.2) is 0 Å². The van der Waals surface area contributed by atoms with Crippen LogP contribution in [0.1, 0.15) is 51.0 Å². The summed E-state index contributed by atoms with van der Waals surface area (Å²) < 4.78 is 0. The number of carbonyl (C=O) groups excluding carboxylic acids is 2. The van der Waals surface area contributed by atoms with Crippen molar-refractivity contribution < 1.29 is 57.5 Å². The summed E-state index contributed by atoms with van der Waals surface area (Å²) in [6, 6.07) is 7.94. The number of benzene rings is 1. The summed E-state index contributed by atoms with van der Waals surface area (Å²) in [5, 5.41) is 22.9. The van der Waals surface area contributed by atoms with Crippen molar-refractivity contribution in [3.05, 3.63) is 35.9 Å². The number of carboxylic acids is 2. The Morgan fingerprint density at radius 1 is 0.909 bits per heavy atom. The fraction of sp³-hybridized carbons (Fsp3) is 0.500. The molecule has 1 aromatic rings. The average molecular weight is 290 g/mol. The minimum Gasteiger partial charge on any atom is -0.549 e. The summed E-state index contributed by atoms with van der Waals surface area (Å²) in [6.45, 7) is 2.08. The molecule has 0 aliphatic rings. The molecular weight excluding hydrogens is 270 g/mol. The van der Waals surface area contributed by atoms with E-state index in [-0.39, 0.29) is 49.7 Å². The zero-order valence-corrected chi connectivity index (χ0v) is 13.8. The zero-order valence-electron chi connectivity index (χ0n) is 13.8. The number of carbonyl (C=O) groups is 2. The van der Waals surface area contributed by atoms with E-state index in [4.69, 9.17) is 0 Å². The van der Waals surface area contributed by atoms with E-state index in [1.54, 1.807) is 18.2 Å². The molecule has 0 radical (unpaired) electrons. The first-order chi connectivity index (χ1) is 9.55. The van der Waals surface area contributed by atoms with Crippen molar-refractivity contribution in [2.24, 2.45) is 0 Å². The van der Waals surface area contributed by atoms with Crippen LogP contribution in [0.15, 0.2) is 30.3 Å². The summed E-state index contributed by atoms with van der Waals surface area (Å²) in [7, 11) is 0. The minimum atomic E-state index is -2.05. The molecule has 0 aliphatic carbocycles. The monoisotopic (exact) mass is 290 g/mol. The van der Waals surface area contributed by atoms with E-state index in [1.807, 2.05) is 0 Å². The fourth-order valence-electron chi connectivity index (χ4n) is 2.38. The minimum absolute atomic E-state index is 0. The van der Waals surface area contributed by atoms with Crippen molar-refractivity contribution in [2.45, 2.75) is 50.9 Å². The van der Waals surface area contributed by atoms with Gasteiger partial charge in [-0.15, -0.1) is 0 Å². The molecular formula is C16H20Li2O4. The quantitative estimate of drug-likeness (QED) is 0.259. The van der Waals surface area contributed by atoms with Crippen molar-refractivity contribution in [3.63, 3.8) is 0 Å². The van der Waals surface area contributed by atoms with E-state index in [2.05, 4.69) is 6.92 Å². The largest absolute Gasteiger partial charge is 1.00 e. The van der Waals surface area contributed by atoms with Crippen molar-refractivity contribution >= 4 is 11.9 Å². The molecule has 1 aromatic carbocycles. The zero-order chi connectivity index (χ0) is 15.0. The molecule has 22 heavy (non-hydrogen) atoms. The molecule has 0 saturated heterocycles. The first-order valence-electron chi connectivity index (χ1n) is 7.04. The van der Waals surface area contributed by atoms with Gasteiger partial charge in [-0.2, -0.15) is 0 Å². The van der Waals surface area contributed by atoms with Crippen LogP contribution in [0.25, 0.3) is 0 Å². The van der Waals surface area contributed by atoms with E-state index >= 15 is 0 Å². The maximum absolute atomic E-state index is 11.5. The molecule has 6 heteroatoms. The van der Waals surface area contributed by atoms with Crippen molar-refractivity contribution in [1.82, 2.24) is 0 Å². The molecule has 0 atom stereocenters. The molecule has 0 bridgehead atoms. The van der Waals surface area contributed by atoms with Crippen LogP contribution in [0, 0.1) is 0 Å². The van der Waals surface area contributed by atoms with Crippen LogP contribution < -0.4 is 47.9 Å². The first-order valence-corrected chi connectivity index (χ1v) is 7.04. The summed E-state index contributed by atoms with van der Waals surface area (Å²) in [4.78, 5) is 22.9. The number of hydrogen-bond donors (Lipinski definition) is 0. The Labute approximate surface area is 156 Å². The second-order valence-corrected chi connectivity index (χ2v) is 5.01. The maximum Gasteiger partial charge on any atom is 1.00 e. The van der Waals surface area contributed by atoms with Gasteiger partial charge in [0.1, 0.15) is 0 Å². The van der Waals surface area contributed by atoms with Gasteiger partial charge in [0, 0.05) is 0 Å². The summed E-state index contributed by atoms with van der Waals surface area (Å²) in [6.07, 6.45) is 4.45. The molecule has 110 valence electrons. The van der Waals surface area contributed by atoms with Crippen LogP contribution in [-0.2, 0) is 15.0 Å². The Morgan fingerprint density at radius 2 is 1.41 bits per heavy atom. The summed E-state index contributed by atoms with van der Waals surface area (Å²) in [5.41, 5.74) is -1.83. The Morgan fingerprint density at radius 3 is 1.86 bits per heavy atom. The van der Waals surface area contributed by atoms with Gasteiger partial charge in [0.25, 0.3) is 0 Å². The van der Waals surface area contributed by atoms with Gasteiger partial charge < -0.3 is 19.8 Å². The van der Waals surface area contributed by atoms with Crippen LogP contribution >= 0.6 is 0 Å². The van der Waals surface area contributed by atoms with Crippen LogP contribution in [0.5, 0.6) is 0 Å². The number of carboxylic acid groups (broad SMARTS) is 2. The van der Waals surface area contributed by atoms with Gasteiger partial charge in [-0.05, 0) is 12.0 Å². The first kappa shape index (κ1) is 23.6. The van der Waals surface area contributed by atoms with Crippen molar-refractivity contribution in [2.75, 3.05) is 0 Å². The van der Waals surface area contributed by atoms with Gasteiger partial charge in [-0.25, -0.2) is 0 Å². The van der Waals surface area contributed by atoms with Gasteiger partial charge >= 0.3 is 37.7 Å². The predicted molar refractivity (Wildman–Crippen MR) is 71.5 cm³/mol. The molecule has 1 rings (SSSR count). The van der Waals surface area contributed by atoms with E-state index in [1.165, 1.54) is 12.1 Å². The molecule has 0 heterocycles. The normalized spacial score (nSPS) is 10.2. The molecule has 0 aromatic heterocycles. The van der Waals surface area contributed by atoms with E-state index in [0.29, 0.717) is 6.42 Å². The van der Waals surface area contributed by atoms with Gasteiger partial charge in [0.05, 0.1) is 17.4 Å². The fourth-order valence-corrected chi connectivity index (χ4v) is 2.38. The van der Waals surface area contributed by atoms with Crippen molar-refractivity contribution in [3.8, 4) is 0 Å². The second-order valence-electron chi connectivity index (χ2n) is 5.01. The smallest absolute Gasteiger partial charge is 0.549 e. The third-order valence-electron chi connectivity index (χ3n) is 3.62. The Hall–Kier alpha value is -0.645. The van der Waals surface area contributed by atoms with Crippen LogP contribution in [0.3, 0.4) is 0 Å². The van der Waals surface area contributed by atoms with Crippen molar-refractivity contribution in [1.29, 1.82) is 0 Å². The molecule has 0 spiro atoms. The molecule has 0 N–H and O–H groups in total. The second kappa shape index (κ2) is 11.9. The Balaban J connectivity index is 0. The van der Waals surface area contributed by atoms with Gasteiger partial charge in [-0.1, -0.05) is 69.4 Å². The molecule has 0 fully saturated rings. The Bertz CT molecular complexity index is 435.